The average Bonchev–Trinajstić information content (AvgIpc) is 2.54. The maximum absolute atomic E-state index is 12.0. The molecule has 1 N–H and O–H groups in total. The molecular weight excluding hydrogens is 274 g/mol. The third-order valence-electron chi connectivity index (χ3n) is 5.16. The second-order valence-electron chi connectivity index (χ2n) is 6.97. The van der Waals surface area contributed by atoms with Gasteiger partial charge in [0, 0.05) is 25.6 Å². The Balaban J connectivity index is 1.56. The summed E-state index contributed by atoms with van der Waals surface area (Å²) < 4.78 is 0. The standard InChI is InChI=1S/C18H33N3O/c1-20-13-9-17(10-14-20)21(2)15-11-18(22)19-12-8-16-6-4-3-5-7-16/h6,17H,3-5,7-15H2,1-2H3,(H,19,22). The van der Waals surface area contributed by atoms with Crippen LogP contribution >= 0.6 is 0 Å². The summed E-state index contributed by atoms with van der Waals surface area (Å²) in [4.78, 5) is 16.7. The summed E-state index contributed by atoms with van der Waals surface area (Å²) in [6.07, 6.45) is 11.6. The van der Waals surface area contributed by atoms with Crippen molar-refractivity contribution in [2.24, 2.45) is 0 Å². The van der Waals surface area contributed by atoms with Crippen LogP contribution in [0.5, 0.6) is 0 Å². The van der Waals surface area contributed by atoms with E-state index in [1.165, 1.54) is 57.2 Å². The molecule has 4 nitrogen and oxygen atoms in total. The second kappa shape index (κ2) is 9.31. The number of nitrogens with one attached hydrogen (secondary N) is 1. The zero-order valence-corrected chi connectivity index (χ0v) is 14.4. The van der Waals surface area contributed by atoms with E-state index in [0.29, 0.717) is 12.5 Å². The van der Waals surface area contributed by atoms with E-state index in [4.69, 9.17) is 0 Å². The zero-order valence-electron chi connectivity index (χ0n) is 14.4. The van der Waals surface area contributed by atoms with Crippen molar-refractivity contribution < 1.29 is 4.79 Å². The molecule has 0 saturated carbocycles. The lowest BCUT2D eigenvalue weighted by Crippen LogP contribution is -2.43. The summed E-state index contributed by atoms with van der Waals surface area (Å²) in [6.45, 7) is 4.04. The third kappa shape index (κ3) is 6.09. The third-order valence-corrected chi connectivity index (χ3v) is 5.16. The van der Waals surface area contributed by atoms with E-state index >= 15 is 0 Å². The van der Waals surface area contributed by atoms with Gasteiger partial charge in [-0.15, -0.1) is 0 Å². The second-order valence-corrected chi connectivity index (χ2v) is 6.97. The predicted molar refractivity (Wildman–Crippen MR) is 91.9 cm³/mol. The van der Waals surface area contributed by atoms with Gasteiger partial charge in [-0.3, -0.25) is 4.79 Å². The van der Waals surface area contributed by atoms with Crippen LogP contribution in [-0.2, 0) is 4.79 Å². The molecule has 126 valence electrons. The number of piperidine rings is 1. The van der Waals surface area contributed by atoms with E-state index in [2.05, 4.69) is 35.3 Å². The Kier molecular flexibility index (Phi) is 7.40. The Morgan fingerprint density at radius 1 is 1.36 bits per heavy atom. The number of hydrogen-bond donors (Lipinski definition) is 1. The summed E-state index contributed by atoms with van der Waals surface area (Å²) >= 11 is 0. The smallest absolute Gasteiger partial charge is 0.221 e. The number of hydrogen-bond acceptors (Lipinski definition) is 3. The minimum absolute atomic E-state index is 0.205. The van der Waals surface area contributed by atoms with Crippen LogP contribution in [0.4, 0.5) is 0 Å². The number of carbonyl (C=O) groups excluding carboxylic acids is 1. The van der Waals surface area contributed by atoms with Crippen LogP contribution in [0.25, 0.3) is 0 Å². The summed E-state index contributed by atoms with van der Waals surface area (Å²) in [7, 11) is 4.35. The molecule has 1 heterocycles. The van der Waals surface area contributed by atoms with Crippen LogP contribution in [0.15, 0.2) is 11.6 Å². The first-order valence-corrected chi connectivity index (χ1v) is 8.98. The first kappa shape index (κ1) is 17.5. The highest BCUT2D eigenvalue weighted by Crippen LogP contribution is 2.19. The van der Waals surface area contributed by atoms with Crippen molar-refractivity contribution in [3.63, 3.8) is 0 Å². The number of nitrogens with zero attached hydrogens (tertiary/aromatic N) is 2. The summed E-state index contributed by atoms with van der Waals surface area (Å²) in [5.74, 6) is 0.205. The van der Waals surface area contributed by atoms with E-state index in [9.17, 15) is 4.79 Å². The van der Waals surface area contributed by atoms with Gasteiger partial charge in [0.25, 0.3) is 0 Å². The van der Waals surface area contributed by atoms with Crippen LogP contribution in [0, 0.1) is 0 Å². The molecule has 2 aliphatic rings. The van der Waals surface area contributed by atoms with Crippen LogP contribution < -0.4 is 5.32 Å². The van der Waals surface area contributed by atoms with Crippen molar-refractivity contribution in [3.05, 3.63) is 11.6 Å². The molecule has 1 aliphatic carbocycles. The Bertz CT molecular complexity index is 373. The van der Waals surface area contributed by atoms with Crippen molar-refractivity contribution in [1.82, 2.24) is 15.1 Å². The Morgan fingerprint density at radius 3 is 2.82 bits per heavy atom. The van der Waals surface area contributed by atoms with Crippen LogP contribution in [0.1, 0.15) is 51.4 Å². The fourth-order valence-corrected chi connectivity index (χ4v) is 3.48. The van der Waals surface area contributed by atoms with Gasteiger partial charge in [-0.25, -0.2) is 0 Å². The quantitative estimate of drug-likeness (QED) is 0.734. The Hall–Kier alpha value is -0.870. The molecule has 1 aliphatic heterocycles. The van der Waals surface area contributed by atoms with Crippen molar-refractivity contribution in [2.45, 2.75) is 57.4 Å². The van der Waals surface area contributed by atoms with Crippen LogP contribution in [0.2, 0.25) is 0 Å². The van der Waals surface area contributed by atoms with Crippen molar-refractivity contribution >= 4 is 5.91 Å². The highest BCUT2D eigenvalue weighted by molar-refractivity contribution is 5.76. The number of allylic oxidation sites excluding steroid dienone is 1. The Labute approximate surface area is 135 Å². The first-order valence-electron chi connectivity index (χ1n) is 8.98. The number of carbonyl (C=O) groups is 1. The molecule has 0 aromatic carbocycles. The van der Waals surface area contributed by atoms with Gasteiger partial charge in [-0.1, -0.05) is 11.6 Å². The summed E-state index contributed by atoms with van der Waals surface area (Å²) in [6, 6.07) is 0.649. The molecule has 0 atom stereocenters. The lowest BCUT2D eigenvalue weighted by molar-refractivity contribution is -0.121. The molecule has 1 fully saturated rings. The SMILES string of the molecule is CN1CCC(N(C)CCC(=O)NCCC2=CCCCC2)CC1. The minimum atomic E-state index is 0.205. The summed E-state index contributed by atoms with van der Waals surface area (Å²) in [5.41, 5.74) is 1.54. The topological polar surface area (TPSA) is 35.6 Å². The van der Waals surface area contributed by atoms with Crippen molar-refractivity contribution in [1.29, 1.82) is 0 Å². The van der Waals surface area contributed by atoms with E-state index in [1.807, 2.05) is 0 Å². The summed E-state index contributed by atoms with van der Waals surface area (Å²) in [5, 5.41) is 3.08. The molecule has 4 heteroatoms. The van der Waals surface area contributed by atoms with Gasteiger partial charge >= 0.3 is 0 Å². The molecule has 0 aromatic heterocycles. The largest absolute Gasteiger partial charge is 0.356 e. The van der Waals surface area contributed by atoms with Crippen LogP contribution in [-0.4, -0.2) is 62.0 Å². The fourth-order valence-electron chi connectivity index (χ4n) is 3.48. The molecule has 0 unspecified atom stereocenters. The molecule has 0 bridgehead atoms. The van der Waals surface area contributed by atoms with Crippen molar-refractivity contribution in [3.8, 4) is 0 Å². The number of rotatable bonds is 7. The zero-order chi connectivity index (χ0) is 15.8. The van der Waals surface area contributed by atoms with Gasteiger partial charge in [0.05, 0.1) is 0 Å². The van der Waals surface area contributed by atoms with E-state index in [1.54, 1.807) is 0 Å². The highest BCUT2D eigenvalue weighted by Gasteiger charge is 2.20. The van der Waals surface area contributed by atoms with Gasteiger partial charge in [0.2, 0.25) is 5.91 Å². The molecule has 1 amide bonds. The van der Waals surface area contributed by atoms with E-state index < -0.39 is 0 Å². The maximum Gasteiger partial charge on any atom is 0.221 e. The van der Waals surface area contributed by atoms with Gasteiger partial charge in [-0.2, -0.15) is 0 Å². The first-order chi connectivity index (χ1) is 10.6. The predicted octanol–water partition coefficient (Wildman–Crippen LogP) is 2.41. The molecule has 0 radical (unpaired) electrons. The molecule has 0 spiro atoms. The lowest BCUT2D eigenvalue weighted by Gasteiger charge is -2.35. The fraction of sp³-hybridized carbons (Fsp3) is 0.833. The lowest BCUT2D eigenvalue weighted by atomic mass is 9.97. The minimum Gasteiger partial charge on any atom is -0.356 e. The number of likely N-dealkylation sites (tertiary alicyclic amines) is 1. The normalized spacial score (nSPS) is 21.0. The van der Waals surface area contributed by atoms with Gasteiger partial charge in [0.15, 0.2) is 0 Å². The molecular formula is C18H33N3O. The van der Waals surface area contributed by atoms with E-state index in [0.717, 1.165) is 19.5 Å². The number of amides is 1. The van der Waals surface area contributed by atoms with Gasteiger partial charge < -0.3 is 15.1 Å². The van der Waals surface area contributed by atoms with E-state index in [-0.39, 0.29) is 5.91 Å². The maximum atomic E-state index is 12.0. The highest BCUT2D eigenvalue weighted by atomic mass is 16.1. The molecule has 1 saturated heterocycles. The monoisotopic (exact) mass is 307 g/mol. The van der Waals surface area contributed by atoms with Gasteiger partial charge in [-0.05, 0) is 72.1 Å². The van der Waals surface area contributed by atoms with Gasteiger partial charge in [0.1, 0.15) is 0 Å². The average molecular weight is 307 g/mol. The van der Waals surface area contributed by atoms with Crippen LogP contribution in [0.3, 0.4) is 0 Å². The Morgan fingerprint density at radius 2 is 2.14 bits per heavy atom. The van der Waals surface area contributed by atoms with Crippen molar-refractivity contribution in [2.75, 3.05) is 40.3 Å². The molecule has 22 heavy (non-hydrogen) atoms. The molecule has 2 rings (SSSR count). The molecule has 0 aromatic rings.